The average molecular weight is 310 g/mol. The van der Waals surface area contributed by atoms with Crippen LogP contribution < -0.4 is 4.74 Å². The molecule has 0 saturated heterocycles. The highest BCUT2D eigenvalue weighted by Crippen LogP contribution is 2.38. The first kappa shape index (κ1) is 16.3. The second-order valence-corrected chi connectivity index (χ2v) is 6.44. The van der Waals surface area contributed by atoms with Gasteiger partial charge in [-0.2, -0.15) is 0 Å². The van der Waals surface area contributed by atoms with E-state index in [9.17, 15) is 4.79 Å². The normalized spacial score (nSPS) is 21.0. The molecular formula is C16H22O4S. The minimum absolute atomic E-state index is 0.0886. The molecule has 1 atom stereocenters. The maximum absolute atomic E-state index is 12.3. The van der Waals surface area contributed by atoms with E-state index in [0.717, 1.165) is 31.4 Å². The molecule has 5 heteroatoms. The van der Waals surface area contributed by atoms with Crippen LogP contribution in [0.2, 0.25) is 0 Å². The van der Waals surface area contributed by atoms with Crippen molar-refractivity contribution in [3.63, 3.8) is 0 Å². The minimum atomic E-state index is -0.532. The Morgan fingerprint density at radius 2 is 1.86 bits per heavy atom. The standard InChI is InChI=1S/C16H22O4S/c1-18-13-8-6-12(7-9-13)15(17)21-14-5-4-10-16(11-14,19-2)20-3/h6-9,14H,4-5,10-11H2,1-3H3. The molecule has 116 valence electrons. The van der Waals surface area contributed by atoms with Crippen LogP contribution in [0.4, 0.5) is 0 Å². The first-order valence-corrected chi connectivity index (χ1v) is 7.96. The molecule has 2 rings (SSSR count). The van der Waals surface area contributed by atoms with Gasteiger partial charge >= 0.3 is 0 Å². The van der Waals surface area contributed by atoms with Crippen LogP contribution in [0, 0.1) is 0 Å². The number of benzene rings is 1. The first-order valence-electron chi connectivity index (χ1n) is 7.08. The summed E-state index contributed by atoms with van der Waals surface area (Å²) in [7, 11) is 4.95. The van der Waals surface area contributed by atoms with E-state index in [1.165, 1.54) is 11.8 Å². The predicted octanol–water partition coefficient (Wildman–Crippen LogP) is 3.50. The Bertz CT molecular complexity index is 468. The van der Waals surface area contributed by atoms with Gasteiger partial charge in [0.05, 0.1) is 7.11 Å². The van der Waals surface area contributed by atoms with Crippen LogP contribution in [-0.4, -0.2) is 37.5 Å². The molecule has 1 saturated carbocycles. The summed E-state index contributed by atoms with van der Waals surface area (Å²) >= 11 is 1.38. The van der Waals surface area contributed by atoms with Gasteiger partial charge in [-0.05, 0) is 37.1 Å². The molecule has 0 N–H and O–H groups in total. The Labute approximate surface area is 130 Å². The van der Waals surface area contributed by atoms with Crippen molar-refractivity contribution in [3.05, 3.63) is 29.8 Å². The van der Waals surface area contributed by atoms with Crippen molar-refractivity contribution in [2.45, 2.75) is 36.7 Å². The van der Waals surface area contributed by atoms with E-state index in [-0.39, 0.29) is 10.4 Å². The summed E-state index contributed by atoms with van der Waals surface area (Å²) in [6, 6.07) is 7.22. The molecule has 0 heterocycles. The highest BCUT2D eigenvalue weighted by molar-refractivity contribution is 8.14. The summed E-state index contributed by atoms with van der Waals surface area (Å²) in [5.74, 6) is 0.225. The van der Waals surface area contributed by atoms with E-state index in [4.69, 9.17) is 14.2 Å². The Morgan fingerprint density at radius 1 is 1.19 bits per heavy atom. The van der Waals surface area contributed by atoms with Crippen LogP contribution in [-0.2, 0) is 9.47 Å². The number of thioether (sulfide) groups is 1. The van der Waals surface area contributed by atoms with Crippen LogP contribution in [0.25, 0.3) is 0 Å². The van der Waals surface area contributed by atoms with Crippen molar-refractivity contribution in [2.75, 3.05) is 21.3 Å². The second kappa shape index (κ2) is 7.29. The van der Waals surface area contributed by atoms with Gasteiger partial charge in [-0.15, -0.1) is 0 Å². The van der Waals surface area contributed by atoms with Gasteiger partial charge in [0.1, 0.15) is 5.75 Å². The number of rotatable bonds is 5. The Morgan fingerprint density at radius 3 is 2.43 bits per heavy atom. The fourth-order valence-electron chi connectivity index (χ4n) is 2.65. The summed E-state index contributed by atoms with van der Waals surface area (Å²) < 4.78 is 16.1. The van der Waals surface area contributed by atoms with E-state index >= 15 is 0 Å². The van der Waals surface area contributed by atoms with E-state index in [1.54, 1.807) is 33.5 Å². The summed E-state index contributed by atoms with van der Waals surface area (Å²) in [5.41, 5.74) is 0.701. The highest BCUT2D eigenvalue weighted by Gasteiger charge is 2.37. The molecule has 0 bridgehead atoms. The predicted molar refractivity (Wildman–Crippen MR) is 83.9 cm³/mol. The SMILES string of the molecule is COc1ccc(C(=O)SC2CCCC(OC)(OC)C2)cc1. The van der Waals surface area contributed by atoms with Crippen molar-refractivity contribution in [2.24, 2.45) is 0 Å². The zero-order valence-corrected chi connectivity index (χ0v) is 13.6. The molecule has 1 aromatic carbocycles. The Balaban J connectivity index is 1.98. The largest absolute Gasteiger partial charge is 0.497 e. The maximum Gasteiger partial charge on any atom is 0.219 e. The van der Waals surface area contributed by atoms with Gasteiger partial charge in [-0.25, -0.2) is 0 Å². The third kappa shape index (κ3) is 3.99. The zero-order chi connectivity index (χ0) is 15.3. The molecular weight excluding hydrogens is 288 g/mol. The molecule has 1 aromatic rings. The van der Waals surface area contributed by atoms with Crippen LogP contribution in [0.5, 0.6) is 5.75 Å². The molecule has 0 aliphatic heterocycles. The molecule has 0 aromatic heterocycles. The number of carbonyl (C=O) groups is 1. The first-order chi connectivity index (χ1) is 10.1. The van der Waals surface area contributed by atoms with Crippen LogP contribution >= 0.6 is 11.8 Å². The lowest BCUT2D eigenvalue weighted by atomic mass is 9.93. The lowest BCUT2D eigenvalue weighted by Gasteiger charge is -2.38. The van der Waals surface area contributed by atoms with Gasteiger partial charge < -0.3 is 14.2 Å². The fraction of sp³-hybridized carbons (Fsp3) is 0.562. The number of methoxy groups -OCH3 is 3. The quantitative estimate of drug-likeness (QED) is 0.779. The molecule has 0 spiro atoms. The van der Waals surface area contributed by atoms with Crippen molar-refractivity contribution in [1.82, 2.24) is 0 Å². The maximum atomic E-state index is 12.3. The Kier molecular flexibility index (Phi) is 5.67. The fourth-order valence-corrected chi connectivity index (χ4v) is 3.85. The lowest BCUT2D eigenvalue weighted by Crippen LogP contribution is -2.40. The number of hydrogen-bond donors (Lipinski definition) is 0. The monoisotopic (exact) mass is 310 g/mol. The van der Waals surface area contributed by atoms with E-state index < -0.39 is 5.79 Å². The van der Waals surface area contributed by atoms with Crippen molar-refractivity contribution in [3.8, 4) is 5.75 Å². The molecule has 1 aliphatic carbocycles. The molecule has 1 fully saturated rings. The topological polar surface area (TPSA) is 44.8 Å². The molecule has 1 unspecified atom stereocenters. The van der Waals surface area contributed by atoms with E-state index in [2.05, 4.69) is 0 Å². The van der Waals surface area contributed by atoms with Gasteiger partial charge in [0, 0.05) is 37.9 Å². The molecule has 1 aliphatic rings. The molecule has 4 nitrogen and oxygen atoms in total. The second-order valence-electron chi connectivity index (χ2n) is 5.17. The van der Waals surface area contributed by atoms with Crippen molar-refractivity contribution in [1.29, 1.82) is 0 Å². The lowest BCUT2D eigenvalue weighted by molar-refractivity contribution is -0.221. The summed E-state index contributed by atoms with van der Waals surface area (Å²) in [6.07, 6.45) is 3.65. The minimum Gasteiger partial charge on any atom is -0.497 e. The van der Waals surface area contributed by atoms with E-state index in [1.807, 2.05) is 12.1 Å². The highest BCUT2D eigenvalue weighted by atomic mass is 32.2. The van der Waals surface area contributed by atoms with Crippen LogP contribution in [0.15, 0.2) is 24.3 Å². The summed E-state index contributed by atoms with van der Waals surface area (Å²) in [6.45, 7) is 0. The van der Waals surface area contributed by atoms with Crippen LogP contribution in [0.3, 0.4) is 0 Å². The van der Waals surface area contributed by atoms with Gasteiger partial charge in [0.2, 0.25) is 5.12 Å². The zero-order valence-electron chi connectivity index (χ0n) is 12.8. The van der Waals surface area contributed by atoms with Crippen molar-refractivity contribution >= 4 is 16.9 Å². The van der Waals surface area contributed by atoms with Gasteiger partial charge in [-0.3, -0.25) is 4.79 Å². The van der Waals surface area contributed by atoms with Gasteiger partial charge in [-0.1, -0.05) is 11.8 Å². The van der Waals surface area contributed by atoms with Gasteiger partial charge in [0.15, 0.2) is 5.79 Å². The smallest absolute Gasteiger partial charge is 0.219 e. The number of ether oxygens (including phenoxy) is 3. The molecule has 21 heavy (non-hydrogen) atoms. The molecule has 0 amide bonds. The number of carbonyl (C=O) groups excluding carboxylic acids is 1. The van der Waals surface area contributed by atoms with Crippen LogP contribution in [0.1, 0.15) is 36.0 Å². The Hall–Kier alpha value is -1.04. The third-order valence-electron chi connectivity index (χ3n) is 3.97. The van der Waals surface area contributed by atoms with Gasteiger partial charge in [0.25, 0.3) is 0 Å². The summed E-state index contributed by atoms with van der Waals surface area (Å²) in [4.78, 5) is 12.3. The van der Waals surface area contributed by atoms with E-state index in [0.29, 0.717) is 5.56 Å². The average Bonchev–Trinajstić information content (AvgIpc) is 2.55. The third-order valence-corrected chi connectivity index (χ3v) is 5.15. The van der Waals surface area contributed by atoms with Crippen molar-refractivity contribution < 1.29 is 19.0 Å². The number of hydrogen-bond acceptors (Lipinski definition) is 5. The molecule has 0 radical (unpaired) electrons. The summed E-state index contributed by atoms with van der Waals surface area (Å²) in [5, 5.41) is 0.318.